The topological polar surface area (TPSA) is 78.9 Å². The van der Waals surface area contributed by atoms with Crippen molar-refractivity contribution in [1.29, 1.82) is 0 Å². The van der Waals surface area contributed by atoms with Gasteiger partial charge in [0.15, 0.2) is 6.10 Å². The summed E-state index contributed by atoms with van der Waals surface area (Å²) in [5, 5.41) is 0. The summed E-state index contributed by atoms with van der Waals surface area (Å²) in [5.41, 5.74) is 0. The Morgan fingerprint density at radius 3 is 0.797 bits per heavy atom. The molecule has 0 rings (SSSR count). The minimum Gasteiger partial charge on any atom is -0.462 e. The van der Waals surface area contributed by atoms with Crippen molar-refractivity contribution in [2.45, 2.75) is 245 Å². The second-order valence-electron chi connectivity index (χ2n) is 19.9. The molecular weight excluding hydrogens is 973 g/mol. The molecule has 0 N–H and O–H groups in total. The van der Waals surface area contributed by atoms with Crippen LogP contribution in [0.4, 0.5) is 0 Å². The number of ether oxygens (including phenoxy) is 3. The maximum absolute atomic E-state index is 12.8. The van der Waals surface area contributed by atoms with E-state index in [1.165, 1.54) is 25.7 Å². The van der Waals surface area contributed by atoms with E-state index in [9.17, 15) is 14.4 Å². The maximum atomic E-state index is 12.8. The van der Waals surface area contributed by atoms with Crippen LogP contribution >= 0.6 is 0 Å². The summed E-state index contributed by atoms with van der Waals surface area (Å²) in [6.45, 7) is 6.29. The molecule has 0 aromatic rings. The summed E-state index contributed by atoms with van der Waals surface area (Å²) >= 11 is 0. The van der Waals surface area contributed by atoms with E-state index in [2.05, 4.69) is 203 Å². The molecule has 6 heteroatoms. The highest BCUT2D eigenvalue weighted by Crippen LogP contribution is 2.13. The van der Waals surface area contributed by atoms with E-state index in [4.69, 9.17) is 14.2 Å². The highest BCUT2D eigenvalue weighted by atomic mass is 16.6. The van der Waals surface area contributed by atoms with E-state index < -0.39 is 6.10 Å². The number of carbonyl (C=O) groups excluding carboxylic acids is 3. The second-order valence-corrected chi connectivity index (χ2v) is 19.9. The van der Waals surface area contributed by atoms with Gasteiger partial charge in [-0.15, -0.1) is 0 Å². The van der Waals surface area contributed by atoms with Gasteiger partial charge < -0.3 is 14.2 Å². The second kappa shape index (κ2) is 65.0. The van der Waals surface area contributed by atoms with Crippen molar-refractivity contribution in [1.82, 2.24) is 0 Å². The molecule has 0 aromatic heterocycles. The number of unbranched alkanes of at least 4 members (excludes halogenated alkanes) is 13. The third-order valence-electron chi connectivity index (χ3n) is 12.4. The fraction of sp³-hybridized carbons (Fsp3) is 0.548. The molecule has 0 aliphatic heterocycles. The van der Waals surface area contributed by atoms with E-state index in [1.54, 1.807) is 0 Å². The Balaban J connectivity index is 4.30. The Bertz CT molecular complexity index is 1870. The lowest BCUT2D eigenvalue weighted by Crippen LogP contribution is -2.30. The normalized spacial score (nSPS) is 13.4. The highest BCUT2D eigenvalue weighted by Gasteiger charge is 2.19. The average molecular weight is 1090 g/mol. The van der Waals surface area contributed by atoms with Gasteiger partial charge >= 0.3 is 17.9 Å². The first kappa shape index (κ1) is 73.5. The van der Waals surface area contributed by atoms with Crippen LogP contribution in [0.5, 0.6) is 0 Å². The van der Waals surface area contributed by atoms with Crippen molar-refractivity contribution < 1.29 is 28.6 Å². The number of hydrogen-bond donors (Lipinski definition) is 0. The SMILES string of the molecule is CC/C=C\C/C=C\C/C=C\C/C=C\C/C=C\C/C=C\C/C=C\C/C=C\C/C=C\CCCCCCCC(=O)OCC(COC(=O)CCCCCCCCC)OC(=O)CCCC/C=C\C/C=C\C/C=C\C/C=C\C/C=C\C/C=C\CC. The van der Waals surface area contributed by atoms with E-state index >= 15 is 0 Å². The van der Waals surface area contributed by atoms with E-state index in [0.717, 1.165) is 167 Å². The molecule has 0 radical (unpaired) electrons. The van der Waals surface area contributed by atoms with Gasteiger partial charge in [0.1, 0.15) is 13.2 Å². The molecule has 0 amide bonds. The minimum absolute atomic E-state index is 0.110. The average Bonchev–Trinajstić information content (AvgIpc) is 3.45. The van der Waals surface area contributed by atoms with Crippen LogP contribution in [0.3, 0.4) is 0 Å². The van der Waals surface area contributed by atoms with Crippen LogP contribution < -0.4 is 0 Å². The molecule has 79 heavy (non-hydrogen) atoms. The first-order valence-corrected chi connectivity index (χ1v) is 31.3. The van der Waals surface area contributed by atoms with Crippen LogP contribution in [0, 0.1) is 0 Å². The zero-order valence-corrected chi connectivity index (χ0v) is 50.3. The molecule has 0 heterocycles. The molecule has 0 aromatic carbocycles. The smallest absolute Gasteiger partial charge is 0.306 e. The predicted octanol–water partition coefficient (Wildman–Crippen LogP) is 21.7. The lowest BCUT2D eigenvalue weighted by Gasteiger charge is -2.18. The van der Waals surface area contributed by atoms with E-state index in [1.807, 2.05) is 0 Å². The van der Waals surface area contributed by atoms with Gasteiger partial charge in [0, 0.05) is 19.3 Å². The molecule has 0 saturated heterocycles. The Morgan fingerprint density at radius 2 is 0.494 bits per heavy atom. The van der Waals surface area contributed by atoms with Crippen LogP contribution in [0.2, 0.25) is 0 Å². The Labute approximate surface area is 484 Å². The van der Waals surface area contributed by atoms with Gasteiger partial charge in [-0.25, -0.2) is 0 Å². The number of carbonyl (C=O) groups is 3. The van der Waals surface area contributed by atoms with Crippen LogP contribution in [0.1, 0.15) is 239 Å². The summed E-state index contributed by atoms with van der Waals surface area (Å²) in [6, 6.07) is 0. The molecule has 0 aliphatic rings. The van der Waals surface area contributed by atoms with Crippen molar-refractivity contribution in [3.05, 3.63) is 182 Å². The van der Waals surface area contributed by atoms with Gasteiger partial charge in [-0.05, 0) is 141 Å². The van der Waals surface area contributed by atoms with Gasteiger partial charge in [-0.3, -0.25) is 14.4 Å². The Kier molecular flexibility index (Phi) is 60.5. The minimum atomic E-state index is -0.817. The highest BCUT2D eigenvalue weighted by molar-refractivity contribution is 5.71. The summed E-state index contributed by atoms with van der Waals surface area (Å²) < 4.78 is 16.7. The number of esters is 3. The molecule has 0 bridgehead atoms. The number of hydrogen-bond acceptors (Lipinski definition) is 6. The summed E-state index contributed by atoms with van der Waals surface area (Å²) in [4.78, 5) is 38.0. The summed E-state index contributed by atoms with van der Waals surface area (Å²) in [6.07, 6.45) is 97.8. The number of allylic oxidation sites excluding steroid dienone is 30. The molecule has 6 nitrogen and oxygen atoms in total. The van der Waals surface area contributed by atoms with E-state index in [-0.39, 0.29) is 37.5 Å². The van der Waals surface area contributed by atoms with Crippen molar-refractivity contribution in [2.24, 2.45) is 0 Å². The molecule has 0 fully saturated rings. The molecule has 440 valence electrons. The quantitative estimate of drug-likeness (QED) is 0.0261. The number of rotatable bonds is 54. The van der Waals surface area contributed by atoms with Crippen molar-refractivity contribution in [2.75, 3.05) is 13.2 Å². The summed E-state index contributed by atoms with van der Waals surface area (Å²) in [7, 11) is 0. The zero-order chi connectivity index (χ0) is 57.1. The van der Waals surface area contributed by atoms with Crippen LogP contribution in [-0.4, -0.2) is 37.2 Å². The Hall–Kier alpha value is -5.49. The van der Waals surface area contributed by atoms with Gasteiger partial charge in [0.2, 0.25) is 0 Å². The largest absolute Gasteiger partial charge is 0.462 e. The van der Waals surface area contributed by atoms with Crippen molar-refractivity contribution >= 4 is 17.9 Å². The van der Waals surface area contributed by atoms with Gasteiger partial charge in [0.25, 0.3) is 0 Å². The Morgan fingerprint density at radius 1 is 0.266 bits per heavy atom. The molecular formula is C73H112O6. The van der Waals surface area contributed by atoms with Crippen molar-refractivity contribution in [3.8, 4) is 0 Å². The molecule has 1 unspecified atom stereocenters. The zero-order valence-electron chi connectivity index (χ0n) is 50.3. The van der Waals surface area contributed by atoms with Gasteiger partial charge in [-0.1, -0.05) is 261 Å². The standard InChI is InChI=1S/C73H112O6/c1-4-7-10-13-16-18-20-22-24-26-28-30-31-32-33-34-35-36-37-38-39-40-41-43-44-46-48-50-52-54-57-60-63-66-72(75)78-69-70(68-77-71(74)65-62-59-56-15-12-9-6-3)79-73(76)67-64-61-58-55-53-51-49-47-45-42-29-27-25-23-21-19-17-14-11-8-5-2/h7-8,10-11,16-19,22-25,28-30,32-33,35-36,38-39,41-43,46-49,53,55,70H,4-6,9,12-15,20-21,26-27,31,34,37,40,44-45,50-52,54,56-69H2,1-3H3/b10-7-,11-8-,18-16-,19-17-,24-22-,25-23-,30-28-,33-32-,36-35-,39-38-,42-29-,43-41-,48-46-,49-47-,55-53-. The lowest BCUT2D eigenvalue weighted by molar-refractivity contribution is -0.167. The predicted molar refractivity (Wildman–Crippen MR) is 343 cm³/mol. The monoisotopic (exact) mass is 1080 g/mol. The summed E-state index contributed by atoms with van der Waals surface area (Å²) in [5.74, 6) is -0.991. The fourth-order valence-corrected chi connectivity index (χ4v) is 7.79. The van der Waals surface area contributed by atoms with Crippen molar-refractivity contribution in [3.63, 3.8) is 0 Å². The first-order valence-electron chi connectivity index (χ1n) is 31.3. The van der Waals surface area contributed by atoms with Gasteiger partial charge in [-0.2, -0.15) is 0 Å². The fourth-order valence-electron chi connectivity index (χ4n) is 7.79. The third kappa shape index (κ3) is 63.2. The lowest BCUT2D eigenvalue weighted by atomic mass is 10.1. The third-order valence-corrected chi connectivity index (χ3v) is 12.4. The first-order chi connectivity index (χ1) is 39.0. The van der Waals surface area contributed by atoms with Crippen LogP contribution in [0.15, 0.2) is 182 Å². The molecule has 0 aliphatic carbocycles. The van der Waals surface area contributed by atoms with Gasteiger partial charge in [0.05, 0.1) is 0 Å². The van der Waals surface area contributed by atoms with E-state index in [0.29, 0.717) is 19.3 Å². The maximum Gasteiger partial charge on any atom is 0.306 e. The molecule has 0 saturated carbocycles. The van der Waals surface area contributed by atoms with Crippen LogP contribution in [-0.2, 0) is 28.6 Å². The molecule has 0 spiro atoms. The van der Waals surface area contributed by atoms with Crippen LogP contribution in [0.25, 0.3) is 0 Å². The molecule has 1 atom stereocenters.